The van der Waals surface area contributed by atoms with Gasteiger partial charge in [-0.25, -0.2) is 12.7 Å². The average molecular weight is 352 g/mol. The molecular weight excluding hydrogens is 341 g/mol. The van der Waals surface area contributed by atoms with Crippen molar-refractivity contribution in [2.24, 2.45) is 0 Å². The Balaban J connectivity index is 2.53. The van der Waals surface area contributed by atoms with Crippen LogP contribution in [0.25, 0.3) is 0 Å². The lowest BCUT2D eigenvalue weighted by molar-refractivity contribution is 0.594. The Hall–Kier alpha value is -0.890. The highest BCUT2D eigenvalue weighted by Crippen LogP contribution is 2.34. The summed E-state index contributed by atoms with van der Waals surface area (Å²) in [7, 11) is -2.42. The number of halogens is 2. The van der Waals surface area contributed by atoms with E-state index in [0.29, 0.717) is 10.6 Å². The molecule has 0 fully saturated rings. The van der Waals surface area contributed by atoms with Crippen molar-refractivity contribution in [1.82, 2.24) is 10.2 Å². The average Bonchev–Trinajstić information content (AvgIpc) is 2.81. The number of benzene rings is 1. The van der Waals surface area contributed by atoms with E-state index >= 15 is 0 Å². The lowest BCUT2D eigenvalue weighted by atomic mass is 10.2. The number of rotatable bonds is 3. The number of hydrogen-bond acceptors (Lipinski definition) is 5. The summed E-state index contributed by atoms with van der Waals surface area (Å²) in [6.07, 6.45) is 0. The van der Waals surface area contributed by atoms with E-state index in [1.54, 1.807) is 19.9 Å². The Labute approximate surface area is 131 Å². The number of hydrogen-bond donors (Lipinski definition) is 0. The first-order chi connectivity index (χ1) is 9.25. The summed E-state index contributed by atoms with van der Waals surface area (Å²) in [4.78, 5) is -0.0508. The maximum absolute atomic E-state index is 12.5. The largest absolute Gasteiger partial charge is 0.267 e. The van der Waals surface area contributed by atoms with Crippen LogP contribution < -0.4 is 4.31 Å². The summed E-state index contributed by atoms with van der Waals surface area (Å²) in [6, 6.07) is 3.05. The molecule has 0 spiro atoms. The van der Waals surface area contributed by atoms with Crippen LogP contribution in [0.1, 0.15) is 10.6 Å². The van der Waals surface area contributed by atoms with Gasteiger partial charge in [0.05, 0.1) is 10.0 Å². The standard InChI is InChI=1S/C11H11Cl2N3O2S2/c1-6-4-5-8(10(13)9(6)12)20(17,18)16(3)11-15-14-7(2)19-11/h4-5H,1-3H3. The van der Waals surface area contributed by atoms with E-state index in [1.165, 1.54) is 24.5 Å². The van der Waals surface area contributed by atoms with Crippen molar-refractivity contribution in [3.8, 4) is 0 Å². The first-order valence-corrected chi connectivity index (χ1v) is 8.50. The Kier molecular flexibility index (Phi) is 4.24. The topological polar surface area (TPSA) is 63.2 Å². The van der Waals surface area contributed by atoms with Crippen molar-refractivity contribution < 1.29 is 8.42 Å². The monoisotopic (exact) mass is 351 g/mol. The van der Waals surface area contributed by atoms with Crippen molar-refractivity contribution in [3.05, 3.63) is 32.7 Å². The van der Waals surface area contributed by atoms with Crippen LogP contribution in [0, 0.1) is 13.8 Å². The van der Waals surface area contributed by atoms with Crippen LogP contribution in [0.5, 0.6) is 0 Å². The highest BCUT2D eigenvalue weighted by molar-refractivity contribution is 7.93. The van der Waals surface area contributed by atoms with Crippen LogP contribution in [0.2, 0.25) is 10.0 Å². The van der Waals surface area contributed by atoms with Crippen LogP contribution in [0.3, 0.4) is 0 Å². The third-order valence-electron chi connectivity index (χ3n) is 2.66. The minimum Gasteiger partial charge on any atom is -0.243 e. The molecule has 0 aliphatic carbocycles. The van der Waals surface area contributed by atoms with Crippen molar-refractivity contribution in [1.29, 1.82) is 0 Å². The van der Waals surface area contributed by atoms with E-state index in [9.17, 15) is 8.42 Å². The van der Waals surface area contributed by atoms with Crippen molar-refractivity contribution in [2.45, 2.75) is 18.7 Å². The molecule has 0 amide bonds. The molecular formula is C11H11Cl2N3O2S2. The molecule has 0 aliphatic rings. The summed E-state index contributed by atoms with van der Waals surface area (Å²) >= 11 is 13.2. The van der Waals surface area contributed by atoms with Crippen LogP contribution >= 0.6 is 34.5 Å². The fourth-order valence-corrected chi connectivity index (χ4v) is 4.28. The number of nitrogens with zero attached hydrogens (tertiary/aromatic N) is 3. The summed E-state index contributed by atoms with van der Waals surface area (Å²) in [6.45, 7) is 3.50. The predicted molar refractivity (Wildman–Crippen MR) is 81.4 cm³/mol. The lowest BCUT2D eigenvalue weighted by Crippen LogP contribution is -2.26. The molecule has 0 atom stereocenters. The Morgan fingerprint density at radius 3 is 2.35 bits per heavy atom. The predicted octanol–water partition coefficient (Wildman–Crippen LogP) is 3.29. The second kappa shape index (κ2) is 5.48. The quantitative estimate of drug-likeness (QED) is 0.850. The zero-order chi connectivity index (χ0) is 15.1. The molecule has 9 heteroatoms. The fourth-order valence-electron chi connectivity index (χ4n) is 1.49. The first-order valence-electron chi connectivity index (χ1n) is 5.48. The molecule has 2 rings (SSSR count). The Bertz CT molecular complexity index is 759. The third-order valence-corrected chi connectivity index (χ3v) is 6.57. The minimum absolute atomic E-state index is 0.0137. The molecule has 20 heavy (non-hydrogen) atoms. The van der Waals surface area contributed by atoms with Gasteiger partial charge in [-0.05, 0) is 25.5 Å². The van der Waals surface area contributed by atoms with Gasteiger partial charge < -0.3 is 0 Å². The van der Waals surface area contributed by atoms with E-state index in [0.717, 1.165) is 4.31 Å². The number of anilines is 1. The molecule has 0 N–H and O–H groups in total. The fraction of sp³-hybridized carbons (Fsp3) is 0.273. The van der Waals surface area contributed by atoms with Gasteiger partial charge in [-0.3, -0.25) is 0 Å². The Morgan fingerprint density at radius 2 is 1.80 bits per heavy atom. The molecule has 5 nitrogen and oxygen atoms in total. The summed E-state index contributed by atoms with van der Waals surface area (Å²) in [5.74, 6) is 0. The maximum atomic E-state index is 12.5. The molecule has 108 valence electrons. The molecule has 1 aromatic heterocycles. The van der Waals surface area contributed by atoms with Crippen LogP contribution in [-0.2, 0) is 10.0 Å². The van der Waals surface area contributed by atoms with E-state index in [2.05, 4.69) is 10.2 Å². The molecule has 0 radical (unpaired) electrons. The second-order valence-corrected chi connectivity index (χ2v) is 7.94. The molecule has 0 saturated heterocycles. The SMILES string of the molecule is Cc1nnc(N(C)S(=O)(=O)c2ccc(C)c(Cl)c2Cl)s1. The number of aryl methyl sites for hydroxylation is 2. The van der Waals surface area contributed by atoms with Gasteiger partial charge in [0.25, 0.3) is 10.0 Å². The van der Waals surface area contributed by atoms with Crippen LogP contribution in [0.15, 0.2) is 17.0 Å². The van der Waals surface area contributed by atoms with E-state index in [4.69, 9.17) is 23.2 Å². The lowest BCUT2D eigenvalue weighted by Gasteiger charge is -2.17. The van der Waals surface area contributed by atoms with Crippen molar-refractivity contribution >= 4 is 49.7 Å². The highest BCUT2D eigenvalue weighted by atomic mass is 35.5. The zero-order valence-electron chi connectivity index (χ0n) is 10.9. The van der Waals surface area contributed by atoms with Gasteiger partial charge in [0.15, 0.2) is 0 Å². The highest BCUT2D eigenvalue weighted by Gasteiger charge is 2.27. The molecule has 0 saturated carbocycles. The molecule has 1 heterocycles. The zero-order valence-corrected chi connectivity index (χ0v) is 14.0. The van der Waals surface area contributed by atoms with Crippen LogP contribution in [0.4, 0.5) is 5.13 Å². The molecule has 0 bridgehead atoms. The van der Waals surface area contributed by atoms with Crippen molar-refractivity contribution in [2.75, 3.05) is 11.4 Å². The van der Waals surface area contributed by atoms with Gasteiger partial charge in [0.1, 0.15) is 9.90 Å². The van der Waals surface area contributed by atoms with E-state index < -0.39 is 10.0 Å². The normalized spacial score (nSPS) is 11.7. The molecule has 0 unspecified atom stereocenters. The first kappa shape index (κ1) is 15.5. The Morgan fingerprint density at radius 1 is 1.15 bits per heavy atom. The summed E-state index contributed by atoms with van der Waals surface area (Å²) < 4.78 is 26.1. The van der Waals surface area contributed by atoms with Crippen molar-refractivity contribution in [3.63, 3.8) is 0 Å². The van der Waals surface area contributed by atoms with Gasteiger partial charge in [0, 0.05) is 7.05 Å². The molecule has 0 aliphatic heterocycles. The maximum Gasteiger partial charge on any atom is 0.267 e. The third kappa shape index (κ3) is 2.63. The van der Waals surface area contributed by atoms with Crippen LogP contribution in [-0.4, -0.2) is 25.7 Å². The molecule has 1 aromatic carbocycles. The van der Waals surface area contributed by atoms with Gasteiger partial charge in [-0.1, -0.05) is 40.6 Å². The van der Waals surface area contributed by atoms with Gasteiger partial charge >= 0.3 is 0 Å². The molecule has 2 aromatic rings. The number of sulfonamides is 1. The van der Waals surface area contributed by atoms with Gasteiger partial charge in [0.2, 0.25) is 5.13 Å². The van der Waals surface area contributed by atoms with E-state index in [1.807, 2.05) is 0 Å². The summed E-state index contributed by atoms with van der Waals surface area (Å²) in [5, 5.41) is 8.81. The number of aromatic nitrogens is 2. The van der Waals surface area contributed by atoms with E-state index in [-0.39, 0.29) is 20.1 Å². The smallest absolute Gasteiger partial charge is 0.243 e. The summed E-state index contributed by atoms with van der Waals surface area (Å²) in [5.41, 5.74) is 0.713. The van der Waals surface area contributed by atoms with Gasteiger partial charge in [-0.2, -0.15) is 0 Å². The van der Waals surface area contributed by atoms with Gasteiger partial charge in [-0.15, -0.1) is 10.2 Å². The minimum atomic E-state index is -3.82. The second-order valence-electron chi connectivity index (χ2n) is 4.08.